The lowest BCUT2D eigenvalue weighted by Crippen LogP contribution is -2.52. The third-order valence-corrected chi connectivity index (χ3v) is 7.97. The van der Waals surface area contributed by atoms with Crippen LogP contribution in [0.2, 0.25) is 0 Å². The van der Waals surface area contributed by atoms with E-state index in [9.17, 15) is 4.79 Å². The van der Waals surface area contributed by atoms with Crippen molar-refractivity contribution in [2.75, 3.05) is 45.8 Å². The number of likely N-dealkylation sites (tertiary alicyclic amines) is 1. The molecule has 2 aromatic rings. The first-order valence-electron chi connectivity index (χ1n) is 13.4. The third kappa shape index (κ3) is 5.16. The zero-order chi connectivity index (χ0) is 24.4. The van der Waals surface area contributed by atoms with Crippen molar-refractivity contribution in [3.8, 4) is 11.1 Å². The molecule has 0 aliphatic carbocycles. The molecular formula is C28H40N6O. The Kier molecular flexibility index (Phi) is 7.25. The van der Waals surface area contributed by atoms with Crippen molar-refractivity contribution >= 4 is 12.2 Å². The minimum absolute atomic E-state index is 0.0524. The molecule has 0 saturated carbocycles. The molecule has 7 nitrogen and oxygen atoms in total. The maximum Gasteiger partial charge on any atom is 0.317 e. The van der Waals surface area contributed by atoms with E-state index in [-0.39, 0.29) is 6.03 Å². The van der Waals surface area contributed by atoms with Gasteiger partial charge in [0.15, 0.2) is 0 Å². The number of hydrogen-bond acceptors (Lipinski definition) is 4. The summed E-state index contributed by atoms with van der Waals surface area (Å²) in [4.78, 5) is 19.2. The minimum atomic E-state index is 0.0524. The highest BCUT2D eigenvalue weighted by atomic mass is 16.2. The van der Waals surface area contributed by atoms with Crippen molar-refractivity contribution in [1.82, 2.24) is 24.7 Å². The summed E-state index contributed by atoms with van der Waals surface area (Å²) in [5, 5.41) is 7.57. The zero-order valence-electron chi connectivity index (χ0n) is 21.5. The largest absolute Gasteiger partial charge is 0.338 e. The average Bonchev–Trinajstić information content (AvgIpc) is 3.34. The standard InChI is InChI=1S/C28H40N6O/c1-4-29-28(35)32-16-14-31(15-17-32)26-11-12-30-34-20-25(18-27(26)34)23-9-7-22(8-10-23)24-6-5-13-33(19-24)21(2)3/h7-10,12,18,20-21,24,26H,4-6,11,13-17,19H2,1-3H3,(H,29,35)/t24-,26?/m0/s1. The second-order valence-electron chi connectivity index (χ2n) is 10.5. The SMILES string of the molecule is CCNC(=O)N1CCN(C2CC=Nn3cc(-c4ccc([C@H]5CCCN(C(C)C)C5)cc4)cc32)CC1. The maximum atomic E-state index is 12.2. The van der Waals surface area contributed by atoms with E-state index >= 15 is 0 Å². The Morgan fingerprint density at radius 1 is 1.09 bits per heavy atom. The van der Waals surface area contributed by atoms with Gasteiger partial charge in [0, 0.05) is 69.7 Å². The van der Waals surface area contributed by atoms with Crippen LogP contribution in [0.25, 0.3) is 11.1 Å². The minimum Gasteiger partial charge on any atom is -0.338 e. The van der Waals surface area contributed by atoms with Gasteiger partial charge in [0.25, 0.3) is 0 Å². The predicted octanol–water partition coefficient (Wildman–Crippen LogP) is 4.37. The number of nitrogens with one attached hydrogen (secondary N) is 1. The van der Waals surface area contributed by atoms with Crippen LogP contribution in [-0.2, 0) is 0 Å². The average molecular weight is 477 g/mol. The lowest BCUT2D eigenvalue weighted by atomic mass is 9.89. The van der Waals surface area contributed by atoms with E-state index in [2.05, 4.69) is 75.3 Å². The molecule has 2 amide bonds. The Morgan fingerprint density at radius 3 is 2.57 bits per heavy atom. The van der Waals surface area contributed by atoms with E-state index in [0.29, 0.717) is 24.5 Å². The predicted molar refractivity (Wildman–Crippen MR) is 142 cm³/mol. The number of hydrogen-bond donors (Lipinski definition) is 1. The van der Waals surface area contributed by atoms with Gasteiger partial charge in [-0.1, -0.05) is 24.3 Å². The van der Waals surface area contributed by atoms with Gasteiger partial charge in [-0.25, -0.2) is 9.47 Å². The van der Waals surface area contributed by atoms with E-state index in [0.717, 1.165) is 32.6 Å². The van der Waals surface area contributed by atoms with Gasteiger partial charge in [0.2, 0.25) is 0 Å². The molecule has 35 heavy (non-hydrogen) atoms. The molecule has 2 fully saturated rings. The summed E-state index contributed by atoms with van der Waals surface area (Å²) in [5.74, 6) is 0.634. The number of rotatable bonds is 5. The van der Waals surface area contributed by atoms with Gasteiger partial charge in [-0.05, 0) is 63.3 Å². The summed E-state index contributed by atoms with van der Waals surface area (Å²) in [6, 6.07) is 12.5. The van der Waals surface area contributed by atoms with Crippen LogP contribution in [0, 0.1) is 0 Å². The fraction of sp³-hybridized carbons (Fsp3) is 0.571. The van der Waals surface area contributed by atoms with Crippen molar-refractivity contribution < 1.29 is 4.79 Å². The first-order chi connectivity index (χ1) is 17.0. The molecule has 3 aliphatic rings. The van der Waals surface area contributed by atoms with E-state index in [1.54, 1.807) is 0 Å². The van der Waals surface area contributed by atoms with Gasteiger partial charge in [-0.15, -0.1) is 0 Å². The molecule has 3 aliphatic heterocycles. The highest BCUT2D eigenvalue weighted by Gasteiger charge is 2.30. The van der Waals surface area contributed by atoms with Crippen LogP contribution >= 0.6 is 0 Å². The van der Waals surface area contributed by atoms with Crippen LogP contribution < -0.4 is 5.32 Å². The van der Waals surface area contributed by atoms with Gasteiger partial charge in [0.05, 0.1) is 11.7 Å². The summed E-state index contributed by atoms with van der Waals surface area (Å²) in [7, 11) is 0. The normalized spacial score (nSPS) is 23.5. The number of piperazine rings is 1. The van der Waals surface area contributed by atoms with E-state index in [1.807, 2.05) is 18.0 Å². The highest BCUT2D eigenvalue weighted by molar-refractivity contribution is 5.74. The Bertz CT molecular complexity index is 1030. The van der Waals surface area contributed by atoms with E-state index < -0.39 is 0 Å². The van der Waals surface area contributed by atoms with Crippen molar-refractivity contribution in [1.29, 1.82) is 0 Å². The quantitative estimate of drug-likeness (QED) is 0.697. The Labute approximate surface area is 209 Å². The molecule has 4 heterocycles. The van der Waals surface area contributed by atoms with Gasteiger partial charge in [-0.2, -0.15) is 5.10 Å². The summed E-state index contributed by atoms with van der Waals surface area (Å²) in [6.45, 7) is 13.0. The Hall–Kier alpha value is -2.64. The number of benzene rings is 1. The van der Waals surface area contributed by atoms with Crippen LogP contribution in [0.5, 0.6) is 0 Å². The highest BCUT2D eigenvalue weighted by Crippen LogP contribution is 2.34. The molecule has 2 saturated heterocycles. The first-order valence-corrected chi connectivity index (χ1v) is 13.4. The maximum absolute atomic E-state index is 12.2. The molecule has 0 spiro atoms. The van der Waals surface area contributed by atoms with Crippen LogP contribution in [0.3, 0.4) is 0 Å². The van der Waals surface area contributed by atoms with Gasteiger partial charge in [0.1, 0.15) is 0 Å². The van der Waals surface area contributed by atoms with Crippen LogP contribution in [-0.4, -0.2) is 83.5 Å². The fourth-order valence-corrected chi connectivity index (χ4v) is 5.86. The molecular weight excluding hydrogens is 436 g/mol. The smallest absolute Gasteiger partial charge is 0.317 e. The number of urea groups is 1. The lowest BCUT2D eigenvalue weighted by Gasteiger charge is -2.39. The van der Waals surface area contributed by atoms with E-state index in [4.69, 9.17) is 0 Å². The molecule has 1 aromatic heterocycles. The Morgan fingerprint density at radius 2 is 1.86 bits per heavy atom. The second-order valence-corrected chi connectivity index (χ2v) is 10.5. The molecule has 5 rings (SSSR count). The second kappa shape index (κ2) is 10.5. The van der Waals surface area contributed by atoms with Crippen molar-refractivity contribution in [3.05, 3.63) is 47.8 Å². The summed E-state index contributed by atoms with van der Waals surface area (Å²) >= 11 is 0. The molecule has 0 bridgehead atoms. The summed E-state index contributed by atoms with van der Waals surface area (Å²) < 4.78 is 2.05. The number of amides is 2. The van der Waals surface area contributed by atoms with Crippen molar-refractivity contribution in [2.24, 2.45) is 5.10 Å². The topological polar surface area (TPSA) is 56.1 Å². The van der Waals surface area contributed by atoms with Gasteiger partial charge >= 0.3 is 6.03 Å². The van der Waals surface area contributed by atoms with Gasteiger partial charge in [-0.3, -0.25) is 4.90 Å². The zero-order valence-corrected chi connectivity index (χ0v) is 21.5. The van der Waals surface area contributed by atoms with Crippen LogP contribution in [0.4, 0.5) is 4.79 Å². The van der Waals surface area contributed by atoms with Crippen molar-refractivity contribution in [3.63, 3.8) is 0 Å². The molecule has 1 unspecified atom stereocenters. The lowest BCUT2D eigenvalue weighted by molar-refractivity contribution is 0.106. The monoisotopic (exact) mass is 476 g/mol. The van der Waals surface area contributed by atoms with Gasteiger partial charge < -0.3 is 15.1 Å². The van der Waals surface area contributed by atoms with Crippen LogP contribution in [0.1, 0.15) is 63.3 Å². The molecule has 188 valence electrons. The number of piperidine rings is 1. The Balaban J connectivity index is 1.27. The summed E-state index contributed by atoms with van der Waals surface area (Å²) in [5.41, 5.74) is 5.19. The molecule has 2 atom stereocenters. The molecule has 1 aromatic carbocycles. The van der Waals surface area contributed by atoms with Crippen molar-refractivity contribution in [2.45, 2.75) is 58.0 Å². The number of carbonyl (C=O) groups is 1. The molecule has 1 N–H and O–H groups in total. The third-order valence-electron chi connectivity index (χ3n) is 7.97. The van der Waals surface area contributed by atoms with Crippen LogP contribution in [0.15, 0.2) is 41.6 Å². The number of aromatic nitrogens is 1. The molecule has 0 radical (unpaired) electrons. The number of carbonyl (C=O) groups excluding carboxylic acids is 1. The fourth-order valence-electron chi connectivity index (χ4n) is 5.86. The van der Waals surface area contributed by atoms with E-state index in [1.165, 1.54) is 48.3 Å². The number of nitrogens with zero attached hydrogens (tertiary/aromatic N) is 5. The molecule has 7 heteroatoms. The number of fused-ring (bicyclic) bond motifs is 1. The first kappa shape index (κ1) is 24.1. The summed E-state index contributed by atoms with van der Waals surface area (Å²) in [6.07, 6.45) is 7.68.